The molecule has 0 saturated carbocycles. The monoisotopic (exact) mass is 315 g/mol. The molecule has 0 aliphatic carbocycles. The summed E-state index contributed by atoms with van der Waals surface area (Å²) in [5.41, 5.74) is 4.99. The van der Waals surface area contributed by atoms with Gasteiger partial charge in [0.2, 0.25) is 0 Å². The zero-order chi connectivity index (χ0) is 16.0. The Bertz CT molecular complexity index is 988. The molecule has 0 amide bonds. The second kappa shape index (κ2) is 5.10. The largest absolute Gasteiger partial charge is 0.354 e. The summed E-state index contributed by atoms with van der Waals surface area (Å²) in [6, 6.07) is 24.2. The van der Waals surface area contributed by atoms with Crippen LogP contribution in [0, 0.1) is 0 Å². The molecule has 3 aromatic carbocycles. The van der Waals surface area contributed by atoms with Crippen molar-refractivity contribution in [1.29, 1.82) is 0 Å². The summed E-state index contributed by atoms with van der Waals surface area (Å²) in [6.45, 7) is 7.17. The molecule has 2 heteroatoms. The lowest BCUT2D eigenvalue weighted by Gasteiger charge is -2.17. The minimum Gasteiger partial charge on any atom is -0.354 e. The average molecular weight is 315 g/mol. The second-order valence-corrected chi connectivity index (χ2v) is 12.3. The molecule has 0 fully saturated rings. The summed E-state index contributed by atoms with van der Waals surface area (Å²) in [4.78, 5) is 3.60. The Morgan fingerprint density at radius 3 is 2.13 bits per heavy atom. The van der Waals surface area contributed by atoms with Gasteiger partial charge in [-0.3, -0.25) is 0 Å². The van der Waals surface area contributed by atoms with Gasteiger partial charge >= 0.3 is 0 Å². The lowest BCUT2D eigenvalue weighted by atomic mass is 10.0. The molecular weight excluding hydrogens is 294 g/mol. The van der Waals surface area contributed by atoms with E-state index in [1.807, 2.05) is 0 Å². The van der Waals surface area contributed by atoms with Gasteiger partial charge in [0.05, 0.1) is 13.6 Å². The van der Waals surface area contributed by atoms with Crippen LogP contribution in [0.25, 0.3) is 32.9 Å². The zero-order valence-corrected chi connectivity index (χ0v) is 14.9. The summed E-state index contributed by atoms with van der Waals surface area (Å²) < 4.78 is 0. The standard InChI is InChI=1S/C21H21NSi/c1-23(2,3)16-13-11-15(12-14-16)17-8-6-9-19-18-7-4-5-10-20(18)22-21(17)19/h4-14,22H,1-3H3. The van der Waals surface area contributed by atoms with E-state index in [2.05, 4.69) is 91.4 Å². The quantitative estimate of drug-likeness (QED) is 0.468. The van der Waals surface area contributed by atoms with Crippen molar-refractivity contribution >= 4 is 35.1 Å². The molecule has 0 bridgehead atoms. The number of hydrogen-bond donors (Lipinski definition) is 1. The van der Waals surface area contributed by atoms with E-state index in [9.17, 15) is 0 Å². The van der Waals surface area contributed by atoms with Crippen LogP contribution in [0.3, 0.4) is 0 Å². The number of rotatable bonds is 2. The van der Waals surface area contributed by atoms with Crippen LogP contribution in [0.2, 0.25) is 19.6 Å². The fraction of sp³-hybridized carbons (Fsp3) is 0.143. The molecular formula is C21H21NSi. The predicted molar refractivity (Wildman–Crippen MR) is 104 cm³/mol. The van der Waals surface area contributed by atoms with Crippen LogP contribution in [0.1, 0.15) is 0 Å². The normalized spacial score (nSPS) is 12.1. The fourth-order valence-corrected chi connectivity index (χ4v) is 4.43. The maximum absolute atomic E-state index is 3.60. The molecule has 114 valence electrons. The van der Waals surface area contributed by atoms with E-state index in [0.717, 1.165) is 0 Å². The summed E-state index contributed by atoms with van der Waals surface area (Å²) >= 11 is 0. The second-order valence-electron chi connectivity index (χ2n) is 7.23. The van der Waals surface area contributed by atoms with Gasteiger partial charge in [0.25, 0.3) is 0 Å². The molecule has 1 N–H and O–H groups in total. The molecule has 1 heterocycles. The van der Waals surface area contributed by atoms with E-state index in [-0.39, 0.29) is 0 Å². The first-order chi connectivity index (χ1) is 11.0. The Morgan fingerprint density at radius 2 is 1.39 bits per heavy atom. The first-order valence-electron chi connectivity index (χ1n) is 8.14. The maximum atomic E-state index is 3.60. The van der Waals surface area contributed by atoms with Gasteiger partial charge in [-0.05, 0) is 11.6 Å². The van der Waals surface area contributed by atoms with Crippen LogP contribution in [0.4, 0.5) is 0 Å². The van der Waals surface area contributed by atoms with E-state index in [1.165, 1.54) is 38.1 Å². The topological polar surface area (TPSA) is 15.8 Å². The van der Waals surface area contributed by atoms with Gasteiger partial charge in [0.1, 0.15) is 0 Å². The Kier molecular flexibility index (Phi) is 3.17. The molecule has 4 aromatic rings. The molecule has 0 aliphatic rings. The minimum atomic E-state index is -1.25. The van der Waals surface area contributed by atoms with Crippen LogP contribution in [0.15, 0.2) is 66.7 Å². The summed E-state index contributed by atoms with van der Waals surface area (Å²) in [6.07, 6.45) is 0. The third-order valence-electron chi connectivity index (χ3n) is 4.60. The van der Waals surface area contributed by atoms with Gasteiger partial charge in [-0.1, -0.05) is 85.5 Å². The number of benzene rings is 3. The van der Waals surface area contributed by atoms with Crippen LogP contribution in [-0.2, 0) is 0 Å². The lowest BCUT2D eigenvalue weighted by molar-refractivity contribution is 1.53. The highest BCUT2D eigenvalue weighted by molar-refractivity contribution is 6.88. The number of aromatic amines is 1. The van der Waals surface area contributed by atoms with Gasteiger partial charge in [-0.25, -0.2) is 0 Å². The minimum absolute atomic E-state index is 1.20. The Labute approximate surface area is 138 Å². The van der Waals surface area contributed by atoms with E-state index >= 15 is 0 Å². The van der Waals surface area contributed by atoms with E-state index in [0.29, 0.717) is 0 Å². The van der Waals surface area contributed by atoms with Crippen molar-refractivity contribution in [3.05, 3.63) is 66.7 Å². The van der Waals surface area contributed by atoms with Crippen molar-refractivity contribution < 1.29 is 0 Å². The van der Waals surface area contributed by atoms with Crippen molar-refractivity contribution in [2.75, 3.05) is 0 Å². The average Bonchev–Trinajstić information content (AvgIpc) is 2.93. The van der Waals surface area contributed by atoms with Crippen LogP contribution >= 0.6 is 0 Å². The van der Waals surface area contributed by atoms with Crippen LogP contribution < -0.4 is 5.19 Å². The highest BCUT2D eigenvalue weighted by Crippen LogP contribution is 2.32. The van der Waals surface area contributed by atoms with Gasteiger partial charge in [-0.2, -0.15) is 0 Å². The van der Waals surface area contributed by atoms with E-state index in [4.69, 9.17) is 0 Å². The van der Waals surface area contributed by atoms with E-state index < -0.39 is 8.07 Å². The maximum Gasteiger partial charge on any atom is 0.0775 e. The van der Waals surface area contributed by atoms with Crippen molar-refractivity contribution in [2.24, 2.45) is 0 Å². The highest BCUT2D eigenvalue weighted by Gasteiger charge is 2.16. The molecule has 1 nitrogen and oxygen atoms in total. The highest BCUT2D eigenvalue weighted by atomic mass is 28.3. The molecule has 4 rings (SSSR count). The molecule has 23 heavy (non-hydrogen) atoms. The number of para-hydroxylation sites is 2. The molecule has 0 unspecified atom stereocenters. The van der Waals surface area contributed by atoms with Gasteiger partial charge in [0.15, 0.2) is 0 Å². The number of H-pyrrole nitrogens is 1. The zero-order valence-electron chi connectivity index (χ0n) is 13.9. The Balaban J connectivity index is 1.92. The van der Waals surface area contributed by atoms with Crippen molar-refractivity contribution in [3.63, 3.8) is 0 Å². The molecule has 0 aliphatic heterocycles. The van der Waals surface area contributed by atoms with Gasteiger partial charge in [0, 0.05) is 21.9 Å². The van der Waals surface area contributed by atoms with Crippen LogP contribution in [0.5, 0.6) is 0 Å². The first-order valence-corrected chi connectivity index (χ1v) is 11.6. The van der Waals surface area contributed by atoms with Crippen molar-refractivity contribution in [3.8, 4) is 11.1 Å². The number of aromatic nitrogens is 1. The van der Waals surface area contributed by atoms with Gasteiger partial charge in [-0.15, -0.1) is 0 Å². The number of hydrogen-bond acceptors (Lipinski definition) is 0. The molecule has 0 atom stereocenters. The molecule has 1 aromatic heterocycles. The summed E-state index contributed by atoms with van der Waals surface area (Å²) in [5, 5.41) is 4.10. The first kappa shape index (κ1) is 14.3. The molecule has 0 saturated heterocycles. The predicted octanol–water partition coefficient (Wildman–Crippen LogP) is 5.53. The number of fused-ring (bicyclic) bond motifs is 3. The summed E-state index contributed by atoms with van der Waals surface area (Å²) in [7, 11) is -1.25. The van der Waals surface area contributed by atoms with Crippen molar-refractivity contribution in [2.45, 2.75) is 19.6 Å². The summed E-state index contributed by atoms with van der Waals surface area (Å²) in [5.74, 6) is 0. The van der Waals surface area contributed by atoms with Crippen molar-refractivity contribution in [1.82, 2.24) is 4.98 Å². The van der Waals surface area contributed by atoms with E-state index in [1.54, 1.807) is 0 Å². The van der Waals surface area contributed by atoms with Crippen LogP contribution in [-0.4, -0.2) is 13.1 Å². The lowest BCUT2D eigenvalue weighted by Crippen LogP contribution is -2.37. The molecule has 0 radical (unpaired) electrons. The number of nitrogens with one attached hydrogen (secondary N) is 1. The smallest absolute Gasteiger partial charge is 0.0775 e. The SMILES string of the molecule is C[Si](C)(C)c1ccc(-c2cccc3c2[nH]c2ccccc23)cc1. The third kappa shape index (κ3) is 2.39. The fourth-order valence-electron chi connectivity index (χ4n) is 3.26. The van der Waals surface area contributed by atoms with Gasteiger partial charge < -0.3 is 4.98 Å². The Hall–Kier alpha value is -2.32. The Morgan fingerprint density at radius 1 is 0.696 bits per heavy atom. The molecule has 0 spiro atoms. The third-order valence-corrected chi connectivity index (χ3v) is 6.67.